The lowest BCUT2D eigenvalue weighted by Gasteiger charge is -2.24. The summed E-state index contributed by atoms with van der Waals surface area (Å²) in [7, 11) is 5.80. The van der Waals surface area contributed by atoms with Gasteiger partial charge in [-0.1, -0.05) is 54.1 Å². The highest BCUT2D eigenvalue weighted by Gasteiger charge is 2.34. The number of aromatic amines is 1. The lowest BCUT2D eigenvalue weighted by atomic mass is 9.91. The first-order valence-corrected chi connectivity index (χ1v) is 12.4. The van der Waals surface area contributed by atoms with Crippen LogP contribution in [0.1, 0.15) is 23.6 Å². The summed E-state index contributed by atoms with van der Waals surface area (Å²) in [6.07, 6.45) is 0.526. The standard InChI is InChI=1S/C28H26ClN5OS/c1-30-28(36)34-24(17-9-12-20(13-10-17)33(2)3)16-23(32-34)26-25(18-7-5-4-6-8-18)21-15-19(29)11-14-22(21)31-27(26)35/h4-15,24H,16H2,1-3H3,(H,30,36)(H,31,35). The molecular weight excluding hydrogens is 490 g/mol. The Morgan fingerprint density at radius 3 is 2.47 bits per heavy atom. The van der Waals surface area contributed by atoms with Gasteiger partial charge in [-0.2, -0.15) is 5.10 Å². The number of nitrogens with one attached hydrogen (secondary N) is 2. The van der Waals surface area contributed by atoms with Gasteiger partial charge < -0.3 is 15.2 Å². The number of hydrogen-bond acceptors (Lipinski definition) is 4. The van der Waals surface area contributed by atoms with Crippen molar-refractivity contribution in [2.45, 2.75) is 12.5 Å². The molecule has 0 radical (unpaired) electrons. The predicted molar refractivity (Wildman–Crippen MR) is 153 cm³/mol. The van der Waals surface area contributed by atoms with E-state index in [1.807, 2.05) is 56.6 Å². The molecule has 3 aromatic carbocycles. The molecule has 0 amide bonds. The smallest absolute Gasteiger partial charge is 0.258 e. The van der Waals surface area contributed by atoms with Gasteiger partial charge in [-0.05, 0) is 53.7 Å². The van der Waals surface area contributed by atoms with E-state index in [0.717, 1.165) is 33.3 Å². The van der Waals surface area contributed by atoms with Crippen LogP contribution < -0.4 is 15.8 Å². The van der Waals surface area contributed by atoms with Gasteiger partial charge in [0.25, 0.3) is 5.56 Å². The summed E-state index contributed by atoms with van der Waals surface area (Å²) in [5.41, 5.74) is 5.66. The third-order valence-corrected chi connectivity index (χ3v) is 7.08. The van der Waals surface area contributed by atoms with E-state index in [2.05, 4.69) is 39.5 Å². The van der Waals surface area contributed by atoms with E-state index in [1.54, 1.807) is 18.1 Å². The summed E-state index contributed by atoms with van der Waals surface area (Å²) in [6, 6.07) is 23.6. The van der Waals surface area contributed by atoms with E-state index in [0.29, 0.717) is 27.8 Å². The Bertz CT molecular complexity index is 1530. The Labute approximate surface area is 220 Å². The van der Waals surface area contributed by atoms with Gasteiger partial charge in [0.2, 0.25) is 0 Å². The van der Waals surface area contributed by atoms with Gasteiger partial charge in [0.05, 0.1) is 17.3 Å². The highest BCUT2D eigenvalue weighted by molar-refractivity contribution is 7.80. The van der Waals surface area contributed by atoms with Crippen LogP contribution in [0.25, 0.3) is 22.0 Å². The first kappa shape index (κ1) is 24.0. The average molecular weight is 516 g/mol. The molecule has 8 heteroatoms. The Kier molecular flexibility index (Phi) is 6.51. The van der Waals surface area contributed by atoms with Crippen molar-refractivity contribution in [2.24, 2.45) is 5.10 Å². The number of aromatic nitrogens is 1. The number of benzene rings is 3. The number of nitrogens with zero attached hydrogens (tertiary/aromatic N) is 3. The van der Waals surface area contributed by atoms with Gasteiger partial charge in [-0.25, -0.2) is 5.01 Å². The molecule has 2 N–H and O–H groups in total. The van der Waals surface area contributed by atoms with Crippen molar-refractivity contribution in [1.82, 2.24) is 15.3 Å². The first-order chi connectivity index (χ1) is 17.4. The van der Waals surface area contributed by atoms with Crippen molar-refractivity contribution in [3.63, 3.8) is 0 Å². The highest BCUT2D eigenvalue weighted by atomic mass is 35.5. The number of hydrogen-bond donors (Lipinski definition) is 2. The van der Waals surface area contributed by atoms with Crippen LogP contribution in [0.5, 0.6) is 0 Å². The second-order valence-corrected chi connectivity index (χ2v) is 9.74. The van der Waals surface area contributed by atoms with E-state index in [-0.39, 0.29) is 11.6 Å². The zero-order chi connectivity index (χ0) is 25.4. The number of H-pyrrole nitrogens is 1. The van der Waals surface area contributed by atoms with Crippen molar-refractivity contribution in [3.8, 4) is 11.1 Å². The summed E-state index contributed by atoms with van der Waals surface area (Å²) in [5.74, 6) is 0. The number of anilines is 1. The molecule has 1 atom stereocenters. The van der Waals surface area contributed by atoms with Gasteiger partial charge in [0.1, 0.15) is 0 Å². The Morgan fingerprint density at radius 1 is 1.08 bits per heavy atom. The topological polar surface area (TPSA) is 63.7 Å². The molecule has 5 rings (SSSR count). The van der Waals surface area contributed by atoms with Crippen molar-refractivity contribution in [1.29, 1.82) is 0 Å². The van der Waals surface area contributed by atoms with Gasteiger partial charge in [0.15, 0.2) is 5.11 Å². The van der Waals surface area contributed by atoms with Gasteiger partial charge in [0, 0.05) is 54.7 Å². The molecule has 6 nitrogen and oxygen atoms in total. The molecule has 0 spiro atoms. The molecule has 0 saturated heterocycles. The average Bonchev–Trinajstić information content (AvgIpc) is 3.33. The summed E-state index contributed by atoms with van der Waals surface area (Å²) in [4.78, 5) is 18.7. The zero-order valence-electron chi connectivity index (χ0n) is 20.2. The van der Waals surface area contributed by atoms with Gasteiger partial charge in [-0.15, -0.1) is 0 Å². The Hall–Kier alpha value is -3.68. The van der Waals surface area contributed by atoms with Crippen LogP contribution in [0, 0.1) is 0 Å². The van der Waals surface area contributed by atoms with Crippen LogP contribution in [0.4, 0.5) is 5.69 Å². The molecule has 0 fully saturated rings. The van der Waals surface area contributed by atoms with Crippen LogP contribution in [0.15, 0.2) is 82.7 Å². The molecular formula is C28H26ClN5OS. The molecule has 1 unspecified atom stereocenters. The molecule has 2 heterocycles. The fourth-order valence-electron chi connectivity index (χ4n) is 4.66. The second kappa shape index (κ2) is 9.76. The van der Waals surface area contributed by atoms with Gasteiger partial charge in [-0.3, -0.25) is 4.79 Å². The van der Waals surface area contributed by atoms with Crippen LogP contribution in [0.2, 0.25) is 5.02 Å². The van der Waals surface area contributed by atoms with Crippen LogP contribution >= 0.6 is 23.8 Å². The molecule has 4 aromatic rings. The molecule has 36 heavy (non-hydrogen) atoms. The minimum Gasteiger partial charge on any atom is -0.378 e. The maximum Gasteiger partial charge on any atom is 0.258 e. The van der Waals surface area contributed by atoms with Crippen LogP contribution in [-0.4, -0.2) is 42.0 Å². The predicted octanol–water partition coefficient (Wildman–Crippen LogP) is 5.57. The minimum absolute atomic E-state index is 0.144. The molecule has 1 aliphatic rings. The van der Waals surface area contributed by atoms with E-state index < -0.39 is 0 Å². The molecule has 1 aliphatic heterocycles. The number of rotatable bonds is 4. The lowest BCUT2D eigenvalue weighted by molar-refractivity contribution is 0.367. The zero-order valence-corrected chi connectivity index (χ0v) is 21.8. The van der Waals surface area contributed by atoms with Crippen molar-refractivity contribution < 1.29 is 0 Å². The number of thiocarbonyl (C=S) groups is 1. The largest absolute Gasteiger partial charge is 0.378 e. The van der Waals surface area contributed by atoms with E-state index in [4.69, 9.17) is 28.9 Å². The fourth-order valence-corrected chi connectivity index (χ4v) is 5.00. The number of fused-ring (bicyclic) bond motifs is 1. The molecule has 182 valence electrons. The minimum atomic E-state index is -0.193. The van der Waals surface area contributed by atoms with Crippen LogP contribution in [0.3, 0.4) is 0 Å². The second-order valence-electron chi connectivity index (χ2n) is 8.91. The van der Waals surface area contributed by atoms with Crippen molar-refractivity contribution in [2.75, 3.05) is 26.0 Å². The first-order valence-electron chi connectivity index (χ1n) is 11.6. The summed E-state index contributed by atoms with van der Waals surface area (Å²) in [5, 5.41) is 11.7. The van der Waals surface area contributed by atoms with E-state index >= 15 is 0 Å². The molecule has 0 aliphatic carbocycles. The SMILES string of the molecule is CNC(=S)N1N=C(c2c(-c3ccccc3)c3cc(Cl)ccc3[nH]c2=O)CC1c1ccc(N(C)C)cc1. The maximum atomic E-state index is 13.6. The van der Waals surface area contributed by atoms with Crippen molar-refractivity contribution >= 4 is 51.2 Å². The molecule has 1 aromatic heterocycles. The van der Waals surface area contributed by atoms with E-state index in [1.165, 1.54) is 0 Å². The van der Waals surface area contributed by atoms with Crippen molar-refractivity contribution in [3.05, 3.63) is 99.3 Å². The van der Waals surface area contributed by atoms with Crippen LogP contribution in [-0.2, 0) is 0 Å². The summed E-state index contributed by atoms with van der Waals surface area (Å²) in [6.45, 7) is 0. The number of hydrazone groups is 1. The monoisotopic (exact) mass is 515 g/mol. The normalized spacial score (nSPS) is 15.2. The Morgan fingerprint density at radius 2 is 1.81 bits per heavy atom. The van der Waals surface area contributed by atoms with E-state index in [9.17, 15) is 4.79 Å². The maximum absolute atomic E-state index is 13.6. The fraction of sp³-hybridized carbons (Fsp3) is 0.179. The highest BCUT2D eigenvalue weighted by Crippen LogP contribution is 2.37. The quantitative estimate of drug-likeness (QED) is 0.348. The molecule has 0 bridgehead atoms. The number of pyridine rings is 1. The lowest BCUT2D eigenvalue weighted by Crippen LogP contribution is -2.34. The third-order valence-electron chi connectivity index (χ3n) is 6.45. The molecule has 0 saturated carbocycles. The Balaban J connectivity index is 1.69. The third kappa shape index (κ3) is 4.36. The number of halogens is 1. The summed E-state index contributed by atoms with van der Waals surface area (Å²) >= 11 is 12.0. The van der Waals surface area contributed by atoms with Gasteiger partial charge >= 0.3 is 0 Å². The summed E-state index contributed by atoms with van der Waals surface area (Å²) < 4.78 is 0.